The first-order valence-corrected chi connectivity index (χ1v) is 5.87. The van der Waals surface area contributed by atoms with Crippen LogP contribution in [-0.2, 0) is 0 Å². The van der Waals surface area contributed by atoms with E-state index in [1.807, 2.05) is 13.0 Å². The van der Waals surface area contributed by atoms with Gasteiger partial charge in [0.2, 0.25) is 0 Å². The highest BCUT2D eigenvalue weighted by molar-refractivity contribution is 5.56. The van der Waals surface area contributed by atoms with E-state index in [4.69, 9.17) is 0 Å². The Labute approximate surface area is 99.8 Å². The Balaban J connectivity index is 2.82. The third kappa shape index (κ3) is 2.85. The van der Waals surface area contributed by atoms with Crippen LogP contribution in [0.5, 0.6) is 0 Å². The minimum absolute atomic E-state index is 0.712. The molecule has 0 aromatic rings. The normalized spacial score (nSPS) is 25.2. The Morgan fingerprint density at radius 2 is 1.81 bits per heavy atom. The average Bonchev–Trinajstić information content (AvgIpc) is 2.98. The highest BCUT2D eigenvalue weighted by Crippen LogP contribution is 2.40. The standard InChI is InChI=1S/C16H22/c1-7-11(3)13(5)14(6)15(8-2)10-16-9-12(16)4/h7-8,10,12,16H,2,5-6,9H2,1,3-4H3/b11-7+,15-10+. The molecule has 0 bridgehead atoms. The number of allylic oxidation sites excluding steroid dienone is 7. The number of hydrogen-bond acceptors (Lipinski definition) is 0. The molecule has 0 amide bonds. The molecule has 16 heavy (non-hydrogen) atoms. The molecule has 1 saturated carbocycles. The molecule has 0 saturated heterocycles. The second-order valence-electron chi connectivity index (χ2n) is 4.63. The van der Waals surface area contributed by atoms with Crippen LogP contribution in [0.2, 0.25) is 0 Å². The molecule has 0 N–H and O–H groups in total. The first-order valence-electron chi connectivity index (χ1n) is 5.87. The van der Waals surface area contributed by atoms with Gasteiger partial charge in [-0.1, -0.05) is 44.9 Å². The van der Waals surface area contributed by atoms with E-state index in [1.165, 1.54) is 12.0 Å². The van der Waals surface area contributed by atoms with Crippen molar-refractivity contribution in [3.05, 3.63) is 60.3 Å². The van der Waals surface area contributed by atoms with Crippen LogP contribution in [0.1, 0.15) is 27.2 Å². The van der Waals surface area contributed by atoms with Gasteiger partial charge in [0.1, 0.15) is 0 Å². The lowest BCUT2D eigenvalue weighted by molar-refractivity contribution is 0.895. The Kier molecular flexibility index (Phi) is 4.12. The smallest absolute Gasteiger partial charge is 0.0190 e. The van der Waals surface area contributed by atoms with E-state index < -0.39 is 0 Å². The number of hydrogen-bond donors (Lipinski definition) is 0. The zero-order valence-electron chi connectivity index (χ0n) is 10.7. The fraction of sp³-hybridized carbons (Fsp3) is 0.375. The van der Waals surface area contributed by atoms with E-state index in [9.17, 15) is 0 Å². The van der Waals surface area contributed by atoms with E-state index >= 15 is 0 Å². The van der Waals surface area contributed by atoms with E-state index in [0.717, 1.165) is 22.6 Å². The Morgan fingerprint density at radius 1 is 1.25 bits per heavy atom. The van der Waals surface area contributed by atoms with Gasteiger partial charge in [0.25, 0.3) is 0 Å². The van der Waals surface area contributed by atoms with Gasteiger partial charge in [-0.15, -0.1) is 0 Å². The van der Waals surface area contributed by atoms with E-state index in [-0.39, 0.29) is 0 Å². The zero-order valence-corrected chi connectivity index (χ0v) is 10.7. The monoisotopic (exact) mass is 214 g/mol. The fourth-order valence-electron chi connectivity index (χ4n) is 1.69. The molecule has 0 heteroatoms. The summed E-state index contributed by atoms with van der Waals surface area (Å²) in [5.41, 5.74) is 4.34. The van der Waals surface area contributed by atoms with Crippen molar-refractivity contribution in [1.82, 2.24) is 0 Å². The molecule has 1 rings (SSSR count). The van der Waals surface area contributed by atoms with Crippen LogP contribution in [0.15, 0.2) is 60.3 Å². The molecule has 2 unspecified atom stereocenters. The summed E-state index contributed by atoms with van der Waals surface area (Å²) in [5, 5.41) is 0. The number of rotatable bonds is 5. The van der Waals surface area contributed by atoms with Gasteiger partial charge in [0.15, 0.2) is 0 Å². The minimum Gasteiger partial charge on any atom is -0.0985 e. The molecule has 86 valence electrons. The minimum atomic E-state index is 0.712. The Hall–Kier alpha value is -1.30. The topological polar surface area (TPSA) is 0 Å². The predicted molar refractivity (Wildman–Crippen MR) is 73.3 cm³/mol. The van der Waals surface area contributed by atoms with Crippen LogP contribution in [0, 0.1) is 11.8 Å². The fourth-order valence-corrected chi connectivity index (χ4v) is 1.69. The van der Waals surface area contributed by atoms with Gasteiger partial charge in [-0.3, -0.25) is 0 Å². The molecule has 0 radical (unpaired) electrons. The van der Waals surface area contributed by atoms with Crippen molar-refractivity contribution < 1.29 is 0 Å². The quantitative estimate of drug-likeness (QED) is 0.575. The lowest BCUT2D eigenvalue weighted by Crippen LogP contribution is -1.92. The molecular weight excluding hydrogens is 192 g/mol. The van der Waals surface area contributed by atoms with Crippen LogP contribution in [0.4, 0.5) is 0 Å². The van der Waals surface area contributed by atoms with Crippen LogP contribution < -0.4 is 0 Å². The second-order valence-corrected chi connectivity index (χ2v) is 4.63. The van der Waals surface area contributed by atoms with Gasteiger partial charge >= 0.3 is 0 Å². The molecule has 0 aromatic heterocycles. The van der Waals surface area contributed by atoms with E-state index in [2.05, 4.69) is 45.7 Å². The predicted octanol–water partition coefficient (Wildman–Crippen LogP) is 4.83. The van der Waals surface area contributed by atoms with Gasteiger partial charge in [-0.25, -0.2) is 0 Å². The maximum Gasteiger partial charge on any atom is -0.0190 e. The summed E-state index contributed by atoms with van der Waals surface area (Å²) >= 11 is 0. The van der Waals surface area contributed by atoms with Gasteiger partial charge in [0.05, 0.1) is 0 Å². The van der Waals surface area contributed by atoms with Crippen LogP contribution in [0.25, 0.3) is 0 Å². The summed E-state index contributed by atoms with van der Waals surface area (Å²) in [6.45, 7) is 18.4. The van der Waals surface area contributed by atoms with Crippen LogP contribution in [0.3, 0.4) is 0 Å². The van der Waals surface area contributed by atoms with Crippen molar-refractivity contribution >= 4 is 0 Å². The first kappa shape index (κ1) is 12.8. The SMILES string of the molecule is C=C/C(=C\C1CC1C)C(=C)C(=C)/C(C)=C/C. The van der Waals surface area contributed by atoms with Gasteiger partial charge in [-0.2, -0.15) is 0 Å². The average molecular weight is 214 g/mol. The maximum absolute atomic E-state index is 4.12. The highest BCUT2D eigenvalue weighted by atomic mass is 14.3. The summed E-state index contributed by atoms with van der Waals surface area (Å²) in [6.07, 6.45) is 7.53. The van der Waals surface area contributed by atoms with E-state index in [0.29, 0.717) is 5.92 Å². The summed E-state index contributed by atoms with van der Waals surface area (Å²) in [5.74, 6) is 1.53. The van der Waals surface area contributed by atoms with Crippen molar-refractivity contribution in [2.24, 2.45) is 11.8 Å². The third-order valence-corrected chi connectivity index (χ3v) is 3.41. The molecule has 1 aliphatic carbocycles. The summed E-state index contributed by atoms with van der Waals surface area (Å²) < 4.78 is 0. The van der Waals surface area contributed by atoms with Crippen molar-refractivity contribution in [3.63, 3.8) is 0 Å². The first-order chi connectivity index (χ1) is 7.51. The van der Waals surface area contributed by atoms with Crippen molar-refractivity contribution in [3.8, 4) is 0 Å². The third-order valence-electron chi connectivity index (χ3n) is 3.41. The Morgan fingerprint density at radius 3 is 2.19 bits per heavy atom. The molecule has 0 spiro atoms. The molecule has 2 atom stereocenters. The molecule has 1 fully saturated rings. The highest BCUT2D eigenvalue weighted by Gasteiger charge is 2.30. The van der Waals surface area contributed by atoms with Gasteiger partial charge in [-0.05, 0) is 54.4 Å². The molecular formula is C16H22. The molecule has 1 aliphatic rings. The summed E-state index contributed by atoms with van der Waals surface area (Å²) in [4.78, 5) is 0. The summed E-state index contributed by atoms with van der Waals surface area (Å²) in [6, 6.07) is 0. The maximum atomic E-state index is 4.12. The largest absolute Gasteiger partial charge is 0.0985 e. The second kappa shape index (κ2) is 5.16. The molecule has 0 aromatic carbocycles. The lowest BCUT2D eigenvalue weighted by Gasteiger charge is -2.11. The Bertz CT molecular complexity index is 377. The lowest BCUT2D eigenvalue weighted by atomic mass is 9.94. The van der Waals surface area contributed by atoms with Crippen molar-refractivity contribution in [2.75, 3.05) is 0 Å². The van der Waals surface area contributed by atoms with Crippen molar-refractivity contribution in [1.29, 1.82) is 0 Å². The molecule has 0 nitrogen and oxygen atoms in total. The molecule has 0 heterocycles. The summed E-state index contributed by atoms with van der Waals surface area (Å²) in [7, 11) is 0. The van der Waals surface area contributed by atoms with Gasteiger partial charge in [0, 0.05) is 0 Å². The van der Waals surface area contributed by atoms with Crippen LogP contribution >= 0.6 is 0 Å². The molecule has 0 aliphatic heterocycles. The van der Waals surface area contributed by atoms with Crippen molar-refractivity contribution in [2.45, 2.75) is 27.2 Å². The van der Waals surface area contributed by atoms with Gasteiger partial charge < -0.3 is 0 Å². The zero-order chi connectivity index (χ0) is 12.3. The van der Waals surface area contributed by atoms with E-state index in [1.54, 1.807) is 0 Å². The van der Waals surface area contributed by atoms with Crippen LogP contribution in [-0.4, -0.2) is 0 Å².